The van der Waals surface area contributed by atoms with Crippen molar-refractivity contribution in [1.82, 2.24) is 34.9 Å². The van der Waals surface area contributed by atoms with Crippen molar-refractivity contribution >= 4 is 65.7 Å². The molecule has 0 radical (unpaired) electrons. The highest BCUT2D eigenvalue weighted by Crippen LogP contribution is 2.37. The van der Waals surface area contributed by atoms with Gasteiger partial charge in [-0.05, 0) is 12.1 Å². The summed E-state index contributed by atoms with van der Waals surface area (Å²) in [4.78, 5) is 28.4. The molecule has 0 spiro atoms. The largest absolute Gasteiger partial charge is 0.353 e. The average molecular weight is 349 g/mol. The minimum atomic E-state index is 0.863. The van der Waals surface area contributed by atoms with Gasteiger partial charge < -0.3 is 15.0 Å². The Labute approximate surface area is 150 Å². The van der Waals surface area contributed by atoms with Gasteiger partial charge in [0.15, 0.2) is 0 Å². The molecule has 7 heterocycles. The third-order valence-corrected chi connectivity index (χ3v) is 5.35. The Morgan fingerprint density at radius 2 is 1.07 bits per heavy atom. The van der Waals surface area contributed by atoms with Crippen LogP contribution >= 0.6 is 0 Å². The second kappa shape index (κ2) is 4.39. The average Bonchev–Trinajstić information content (AvgIpc) is 3.37. The lowest BCUT2D eigenvalue weighted by molar-refractivity contribution is 1.36. The first-order valence-electron chi connectivity index (χ1n) is 8.65. The van der Waals surface area contributed by atoms with E-state index in [9.17, 15) is 0 Å². The summed E-state index contributed by atoms with van der Waals surface area (Å²) in [5, 5.41) is 4.33. The lowest BCUT2D eigenvalue weighted by Crippen LogP contribution is -1.79. The van der Waals surface area contributed by atoms with Crippen molar-refractivity contribution in [2.24, 2.45) is 0 Å². The van der Waals surface area contributed by atoms with Crippen LogP contribution in [0.1, 0.15) is 0 Å². The van der Waals surface area contributed by atoms with E-state index in [-0.39, 0.29) is 0 Å². The normalized spacial score (nSPS) is 12.4. The van der Waals surface area contributed by atoms with Crippen molar-refractivity contribution in [2.45, 2.75) is 0 Å². The van der Waals surface area contributed by atoms with Crippen LogP contribution in [0, 0.1) is 0 Å². The van der Waals surface area contributed by atoms with Gasteiger partial charge in [-0.1, -0.05) is 0 Å². The Bertz CT molecular complexity index is 1560. The van der Waals surface area contributed by atoms with Gasteiger partial charge in [0.2, 0.25) is 0 Å². The highest BCUT2D eigenvalue weighted by atomic mass is 14.9. The Hall–Kier alpha value is -4.00. The first-order valence-corrected chi connectivity index (χ1v) is 8.65. The van der Waals surface area contributed by atoms with Gasteiger partial charge in [0.25, 0.3) is 0 Å². The Morgan fingerprint density at radius 1 is 0.556 bits per heavy atom. The summed E-state index contributed by atoms with van der Waals surface area (Å²) >= 11 is 0. The fourth-order valence-corrected chi connectivity index (χ4v) is 4.19. The zero-order valence-corrected chi connectivity index (χ0v) is 13.9. The maximum atomic E-state index is 4.69. The van der Waals surface area contributed by atoms with Crippen LogP contribution in [-0.4, -0.2) is 34.9 Å². The third-order valence-electron chi connectivity index (χ3n) is 5.35. The van der Waals surface area contributed by atoms with Crippen molar-refractivity contribution in [1.29, 1.82) is 0 Å². The molecule has 0 fully saturated rings. The number of H-pyrrole nitrogens is 3. The quantitative estimate of drug-likeness (QED) is 0.383. The van der Waals surface area contributed by atoms with Crippen LogP contribution in [-0.2, 0) is 0 Å². The predicted molar refractivity (Wildman–Crippen MR) is 106 cm³/mol. The standard InChI is InChI=1S/C20H11N7/c1-3-21-5-9-11(1)25-13-7-23-19-17(15(9)13)27-18-16-10-6-22-4-2-12(10)26-14(16)8-24-20(18)19/h1-8,25-27H. The van der Waals surface area contributed by atoms with Crippen LogP contribution in [0.5, 0.6) is 0 Å². The van der Waals surface area contributed by atoms with Crippen LogP contribution in [0.15, 0.2) is 49.3 Å². The fourth-order valence-electron chi connectivity index (χ4n) is 4.19. The van der Waals surface area contributed by atoms with Gasteiger partial charge in [0, 0.05) is 57.4 Å². The number of rotatable bonds is 0. The maximum Gasteiger partial charge on any atom is 0.115 e. The van der Waals surface area contributed by atoms with Crippen molar-refractivity contribution < 1.29 is 0 Å². The molecule has 7 nitrogen and oxygen atoms in total. The zero-order chi connectivity index (χ0) is 17.5. The molecule has 7 aromatic heterocycles. The molecule has 7 rings (SSSR count). The lowest BCUT2D eigenvalue weighted by Gasteiger charge is -1.93. The Kier molecular flexibility index (Phi) is 2.15. The summed E-state index contributed by atoms with van der Waals surface area (Å²) in [6.07, 6.45) is 11.1. The summed E-state index contributed by atoms with van der Waals surface area (Å²) in [5.74, 6) is 0. The molecular weight excluding hydrogens is 338 g/mol. The van der Waals surface area contributed by atoms with Gasteiger partial charge in [-0.2, -0.15) is 0 Å². The Balaban J connectivity index is 1.78. The second-order valence-corrected chi connectivity index (χ2v) is 6.76. The van der Waals surface area contributed by atoms with Gasteiger partial charge in [-0.15, -0.1) is 0 Å². The van der Waals surface area contributed by atoms with E-state index >= 15 is 0 Å². The van der Waals surface area contributed by atoms with E-state index in [2.05, 4.69) is 24.9 Å². The van der Waals surface area contributed by atoms with E-state index in [0.717, 1.165) is 65.7 Å². The summed E-state index contributed by atoms with van der Waals surface area (Å²) in [6, 6.07) is 3.96. The van der Waals surface area contributed by atoms with Crippen LogP contribution < -0.4 is 0 Å². The molecule has 3 N–H and O–H groups in total. The number of hydrogen-bond donors (Lipinski definition) is 3. The molecule has 0 bridgehead atoms. The zero-order valence-electron chi connectivity index (χ0n) is 13.9. The predicted octanol–water partition coefficient (Wildman–Crippen LogP) is 4.17. The number of hydrogen-bond acceptors (Lipinski definition) is 4. The highest BCUT2D eigenvalue weighted by molar-refractivity contribution is 6.27. The summed E-state index contributed by atoms with van der Waals surface area (Å²) in [6.45, 7) is 0. The molecule has 0 amide bonds. The number of pyridine rings is 4. The lowest BCUT2D eigenvalue weighted by atomic mass is 10.2. The van der Waals surface area contributed by atoms with Crippen molar-refractivity contribution in [3.05, 3.63) is 49.3 Å². The molecule has 0 aliphatic heterocycles. The molecule has 27 heavy (non-hydrogen) atoms. The van der Waals surface area contributed by atoms with E-state index in [1.165, 1.54) is 0 Å². The van der Waals surface area contributed by atoms with E-state index in [1.807, 2.05) is 36.9 Å². The molecule has 0 aliphatic carbocycles. The van der Waals surface area contributed by atoms with E-state index in [1.54, 1.807) is 12.4 Å². The minimum Gasteiger partial charge on any atom is -0.353 e. The molecule has 0 unspecified atom stereocenters. The molecule has 0 aromatic carbocycles. The van der Waals surface area contributed by atoms with Crippen molar-refractivity contribution in [3.63, 3.8) is 0 Å². The third kappa shape index (κ3) is 1.52. The summed E-state index contributed by atoms with van der Waals surface area (Å²) in [5.41, 5.74) is 7.72. The summed E-state index contributed by atoms with van der Waals surface area (Å²) < 4.78 is 0. The van der Waals surface area contributed by atoms with Gasteiger partial charge >= 0.3 is 0 Å². The molecule has 7 aromatic rings. The number of nitrogens with one attached hydrogen (secondary N) is 3. The van der Waals surface area contributed by atoms with Crippen LogP contribution in [0.3, 0.4) is 0 Å². The Morgan fingerprint density at radius 3 is 1.59 bits per heavy atom. The molecule has 0 atom stereocenters. The number of aromatic amines is 3. The minimum absolute atomic E-state index is 0.863. The van der Waals surface area contributed by atoms with Gasteiger partial charge in [0.1, 0.15) is 11.0 Å². The molecule has 7 heteroatoms. The van der Waals surface area contributed by atoms with E-state index in [4.69, 9.17) is 9.97 Å². The topological polar surface area (TPSA) is 98.9 Å². The van der Waals surface area contributed by atoms with Crippen molar-refractivity contribution in [2.75, 3.05) is 0 Å². The smallest absolute Gasteiger partial charge is 0.115 e. The maximum absolute atomic E-state index is 4.69. The van der Waals surface area contributed by atoms with E-state index < -0.39 is 0 Å². The first-order chi connectivity index (χ1) is 13.4. The first kappa shape index (κ1) is 13.2. The number of aromatic nitrogens is 7. The van der Waals surface area contributed by atoms with E-state index in [0.29, 0.717) is 0 Å². The van der Waals surface area contributed by atoms with Crippen molar-refractivity contribution in [3.8, 4) is 0 Å². The second-order valence-electron chi connectivity index (χ2n) is 6.76. The SMILES string of the molecule is c1cc2[nH]c3cnc4c5ncc6[nH]c7ccncc7c6c5[nH]c4c3c2cn1. The fraction of sp³-hybridized carbons (Fsp3) is 0. The monoisotopic (exact) mass is 349 g/mol. The number of fused-ring (bicyclic) bond motifs is 11. The molecule has 126 valence electrons. The molecular formula is C20H11N7. The van der Waals surface area contributed by atoms with Gasteiger partial charge in [-0.25, -0.2) is 0 Å². The molecule has 0 saturated carbocycles. The molecule has 0 aliphatic rings. The van der Waals surface area contributed by atoms with Crippen LogP contribution in [0.25, 0.3) is 65.7 Å². The van der Waals surface area contributed by atoms with Crippen LogP contribution in [0.4, 0.5) is 0 Å². The van der Waals surface area contributed by atoms with Crippen LogP contribution in [0.2, 0.25) is 0 Å². The summed E-state index contributed by atoms with van der Waals surface area (Å²) in [7, 11) is 0. The molecule has 0 saturated heterocycles. The highest BCUT2D eigenvalue weighted by Gasteiger charge is 2.17. The van der Waals surface area contributed by atoms with Gasteiger partial charge in [0.05, 0.1) is 34.5 Å². The number of nitrogens with zero attached hydrogens (tertiary/aromatic N) is 4. The van der Waals surface area contributed by atoms with Gasteiger partial charge in [-0.3, -0.25) is 19.9 Å².